The molecule has 0 radical (unpaired) electrons. The topological polar surface area (TPSA) is 92.8 Å². The molecule has 1 unspecified atom stereocenters. The fraction of sp³-hybridized carbons (Fsp3) is 0.407. The van der Waals surface area contributed by atoms with E-state index in [4.69, 9.17) is 4.52 Å². The van der Waals surface area contributed by atoms with Crippen molar-refractivity contribution in [2.45, 2.75) is 58.3 Å². The molecule has 0 spiro atoms. The number of aliphatic hydroxyl groups is 1. The zero-order chi connectivity index (χ0) is 23.6. The van der Waals surface area contributed by atoms with Crippen molar-refractivity contribution in [3.05, 3.63) is 76.9 Å². The fourth-order valence-corrected chi connectivity index (χ4v) is 4.85. The number of benzene rings is 1. The minimum Gasteiger partial charge on any atom is -0.511 e. The Labute approximate surface area is 194 Å². The molecule has 2 aliphatic carbocycles. The number of hydrogen-bond donors (Lipinski definition) is 1. The van der Waals surface area contributed by atoms with E-state index in [9.17, 15) is 14.7 Å². The largest absolute Gasteiger partial charge is 0.511 e. The lowest BCUT2D eigenvalue weighted by Gasteiger charge is -2.27. The average Bonchev–Trinajstić information content (AvgIpc) is 3.18. The van der Waals surface area contributed by atoms with Crippen molar-refractivity contribution in [2.24, 2.45) is 10.4 Å². The minimum atomic E-state index is -0.147. The molecule has 0 aliphatic heterocycles. The van der Waals surface area contributed by atoms with Crippen molar-refractivity contribution in [2.75, 3.05) is 6.54 Å². The van der Waals surface area contributed by atoms with Gasteiger partial charge >= 0.3 is 0 Å². The van der Waals surface area contributed by atoms with Crippen LogP contribution in [0.1, 0.15) is 72.8 Å². The summed E-state index contributed by atoms with van der Waals surface area (Å²) in [5, 5.41) is 15.0. The van der Waals surface area contributed by atoms with Gasteiger partial charge in [-0.05, 0) is 23.3 Å². The van der Waals surface area contributed by atoms with Crippen molar-refractivity contribution < 1.29 is 19.2 Å². The van der Waals surface area contributed by atoms with Crippen molar-refractivity contribution in [3.8, 4) is 0 Å². The molecular weight excluding hydrogens is 416 g/mol. The fourth-order valence-electron chi connectivity index (χ4n) is 4.85. The predicted octanol–water partition coefficient (Wildman–Crippen LogP) is 5.35. The molecular formula is C27H30N2O4. The zero-order valence-electron chi connectivity index (χ0n) is 19.3. The first kappa shape index (κ1) is 22.9. The smallest absolute Gasteiger partial charge is 0.168 e. The number of nitrogens with zero attached hydrogens (tertiary/aromatic N) is 2. The maximum Gasteiger partial charge on any atom is 0.168 e. The third-order valence-corrected chi connectivity index (χ3v) is 6.40. The number of allylic oxidation sites excluding steroid dienone is 2. The highest BCUT2D eigenvalue weighted by Crippen LogP contribution is 2.37. The second kappa shape index (κ2) is 9.30. The molecule has 1 N–H and O–H groups in total. The summed E-state index contributed by atoms with van der Waals surface area (Å²) in [7, 11) is 0. The summed E-state index contributed by atoms with van der Waals surface area (Å²) in [6.45, 7) is 8.17. The first-order valence-electron chi connectivity index (χ1n) is 11.4. The number of carbonyl (C=O) groups is 2. The van der Waals surface area contributed by atoms with Gasteiger partial charge in [0.1, 0.15) is 11.5 Å². The number of aryl methyl sites for hydroxylation is 1. The summed E-state index contributed by atoms with van der Waals surface area (Å²) < 4.78 is 5.46. The molecule has 4 rings (SSSR count). The van der Waals surface area contributed by atoms with Crippen LogP contribution in [0.5, 0.6) is 0 Å². The number of hydrogen-bond acceptors (Lipinski definition) is 6. The molecule has 6 nitrogen and oxygen atoms in total. The van der Waals surface area contributed by atoms with E-state index in [-0.39, 0.29) is 35.1 Å². The molecule has 6 heteroatoms. The lowest BCUT2D eigenvalue weighted by molar-refractivity contribution is -0.116. The highest BCUT2D eigenvalue weighted by Gasteiger charge is 2.37. The Kier molecular flexibility index (Phi) is 6.45. The van der Waals surface area contributed by atoms with Crippen LogP contribution in [0.15, 0.2) is 63.8 Å². The van der Waals surface area contributed by atoms with Gasteiger partial charge < -0.3 is 9.63 Å². The average molecular weight is 447 g/mol. The van der Waals surface area contributed by atoms with E-state index < -0.39 is 0 Å². The number of aromatic nitrogens is 1. The third-order valence-electron chi connectivity index (χ3n) is 6.40. The highest BCUT2D eigenvalue weighted by molar-refractivity contribution is 6.24. The predicted molar refractivity (Wildman–Crippen MR) is 127 cm³/mol. The van der Waals surface area contributed by atoms with Crippen molar-refractivity contribution in [1.82, 2.24) is 5.16 Å². The number of rotatable bonds is 6. The van der Waals surface area contributed by atoms with E-state index in [1.165, 1.54) is 0 Å². The standard InChI is InChI=1S/C27H30N2O4/c1-4-12-28-20-13-18(17-8-6-5-7-9-17)14-22(31)25(20)21(30)11-10-19-26-23(32)15-27(2,3)16-24(26)33-29-19/h4-9,18,30H,1,10-16H2,2-3H3/b25-21-,28-20?. The van der Waals surface area contributed by atoms with Gasteiger partial charge in [-0.2, -0.15) is 0 Å². The molecule has 33 heavy (non-hydrogen) atoms. The van der Waals surface area contributed by atoms with Gasteiger partial charge in [0.25, 0.3) is 0 Å². The van der Waals surface area contributed by atoms with E-state index >= 15 is 0 Å². The van der Waals surface area contributed by atoms with Gasteiger partial charge in [0, 0.05) is 37.8 Å². The molecule has 1 saturated carbocycles. The van der Waals surface area contributed by atoms with Gasteiger partial charge in [-0.1, -0.05) is 55.4 Å². The monoisotopic (exact) mass is 446 g/mol. The first-order valence-corrected chi connectivity index (χ1v) is 11.4. The Morgan fingerprint density at radius 1 is 1.21 bits per heavy atom. The van der Waals surface area contributed by atoms with Crippen LogP contribution in [-0.4, -0.2) is 34.1 Å². The summed E-state index contributed by atoms with van der Waals surface area (Å²) in [4.78, 5) is 30.3. The van der Waals surface area contributed by atoms with Gasteiger partial charge in [0.05, 0.1) is 23.4 Å². The Bertz CT molecular complexity index is 1140. The van der Waals surface area contributed by atoms with E-state index in [0.29, 0.717) is 67.0 Å². The molecule has 1 atom stereocenters. The molecule has 2 aromatic rings. The minimum absolute atomic E-state index is 0.00494. The summed E-state index contributed by atoms with van der Waals surface area (Å²) in [5.41, 5.74) is 2.95. The Balaban J connectivity index is 1.56. The Morgan fingerprint density at radius 2 is 1.97 bits per heavy atom. The molecule has 172 valence electrons. The number of carbonyl (C=O) groups excluding carboxylic acids is 2. The van der Waals surface area contributed by atoms with Crippen LogP contribution in [0.25, 0.3) is 0 Å². The number of Topliss-reactive ketones (excluding diaryl/α,β-unsaturated/α-hetero) is 2. The summed E-state index contributed by atoms with van der Waals surface area (Å²) in [6, 6.07) is 9.91. The molecule has 0 saturated heterocycles. The Morgan fingerprint density at radius 3 is 2.70 bits per heavy atom. The van der Waals surface area contributed by atoms with Crippen LogP contribution in [0.3, 0.4) is 0 Å². The lowest BCUT2D eigenvalue weighted by Crippen LogP contribution is -2.27. The summed E-state index contributed by atoms with van der Waals surface area (Å²) in [6.07, 6.45) is 4.20. The molecule has 1 aromatic carbocycles. The Hall–Kier alpha value is -3.28. The van der Waals surface area contributed by atoms with Crippen LogP contribution in [0.4, 0.5) is 0 Å². The van der Waals surface area contributed by atoms with Gasteiger partial charge in [-0.3, -0.25) is 14.6 Å². The summed E-state index contributed by atoms with van der Waals surface area (Å²) >= 11 is 0. The quantitative estimate of drug-likeness (QED) is 0.367. The van der Waals surface area contributed by atoms with Crippen molar-refractivity contribution >= 4 is 17.3 Å². The van der Waals surface area contributed by atoms with Crippen molar-refractivity contribution in [1.29, 1.82) is 0 Å². The SMILES string of the molecule is C=CCN=C1CC(c2ccccc2)CC(=O)/C1=C(\O)CCc1noc2c1C(=O)CC(C)(C)C2. The van der Waals surface area contributed by atoms with E-state index in [2.05, 4.69) is 16.7 Å². The maximum atomic E-state index is 13.1. The van der Waals surface area contributed by atoms with Crippen LogP contribution < -0.4 is 0 Å². The molecule has 2 aliphatic rings. The normalized spacial score (nSPS) is 22.8. The second-order valence-electron chi connectivity index (χ2n) is 9.71. The van der Waals surface area contributed by atoms with E-state index in [0.717, 1.165) is 5.56 Å². The van der Waals surface area contributed by atoms with Crippen LogP contribution in [0, 0.1) is 5.41 Å². The van der Waals surface area contributed by atoms with Crippen molar-refractivity contribution in [3.63, 3.8) is 0 Å². The third kappa shape index (κ3) is 4.90. The van der Waals surface area contributed by atoms with Gasteiger partial charge in [0.2, 0.25) is 0 Å². The molecule has 0 bridgehead atoms. The van der Waals surface area contributed by atoms with Gasteiger partial charge in [0.15, 0.2) is 11.6 Å². The first-order chi connectivity index (χ1) is 15.8. The lowest BCUT2D eigenvalue weighted by atomic mass is 9.76. The van der Waals surface area contributed by atoms with Crippen LogP contribution in [0.2, 0.25) is 0 Å². The number of ketones is 2. The second-order valence-corrected chi connectivity index (χ2v) is 9.71. The number of fused-ring (bicyclic) bond motifs is 1. The van der Waals surface area contributed by atoms with Gasteiger partial charge in [-0.25, -0.2) is 0 Å². The van der Waals surface area contributed by atoms with E-state index in [1.807, 2.05) is 44.2 Å². The molecule has 1 fully saturated rings. The van der Waals surface area contributed by atoms with Gasteiger partial charge in [-0.15, -0.1) is 6.58 Å². The summed E-state index contributed by atoms with van der Waals surface area (Å²) in [5.74, 6) is 0.552. The highest BCUT2D eigenvalue weighted by atomic mass is 16.5. The molecule has 0 amide bonds. The molecule has 1 heterocycles. The maximum absolute atomic E-state index is 13.1. The molecule has 1 aromatic heterocycles. The van der Waals surface area contributed by atoms with Crippen LogP contribution >= 0.6 is 0 Å². The van der Waals surface area contributed by atoms with Crippen LogP contribution in [-0.2, 0) is 17.6 Å². The number of aliphatic imine (C=N–C) groups is 1. The zero-order valence-corrected chi connectivity index (χ0v) is 19.3. The number of aliphatic hydroxyl groups excluding tert-OH is 1. The van der Waals surface area contributed by atoms with E-state index in [1.54, 1.807) is 6.08 Å².